The van der Waals surface area contributed by atoms with Crippen LogP contribution in [-0.4, -0.2) is 66.0 Å². The van der Waals surface area contributed by atoms with Crippen LogP contribution in [0.15, 0.2) is 72.8 Å². The Bertz CT molecular complexity index is 1280. The Morgan fingerprint density at radius 2 is 1.59 bits per heavy atom. The number of nitro groups is 1. The van der Waals surface area contributed by atoms with Gasteiger partial charge in [-0.1, -0.05) is 30.3 Å². The summed E-state index contributed by atoms with van der Waals surface area (Å²) < 4.78 is 22.3. The SMILES string of the molecule is CCOC(Cc1ccc(OCCN(CCCOc2ccccc2)C(=O)Oc2ccc(C)c([N+](=O)[O-])c2)cc1)C(=O)O. The van der Waals surface area contributed by atoms with E-state index in [2.05, 4.69) is 0 Å². The Morgan fingerprint density at radius 3 is 2.24 bits per heavy atom. The highest BCUT2D eigenvalue weighted by atomic mass is 16.6. The quantitative estimate of drug-likeness (QED) is 0.139. The molecule has 0 saturated carbocycles. The van der Waals surface area contributed by atoms with Crippen LogP contribution in [0.5, 0.6) is 17.2 Å². The largest absolute Gasteiger partial charge is 0.494 e. The van der Waals surface area contributed by atoms with Crippen molar-refractivity contribution in [1.29, 1.82) is 0 Å². The summed E-state index contributed by atoms with van der Waals surface area (Å²) >= 11 is 0. The van der Waals surface area contributed by atoms with Crippen molar-refractivity contribution < 1.29 is 38.6 Å². The molecule has 0 aliphatic heterocycles. The van der Waals surface area contributed by atoms with Gasteiger partial charge in [-0.15, -0.1) is 0 Å². The number of para-hydroxylation sites is 1. The topological polar surface area (TPSA) is 138 Å². The van der Waals surface area contributed by atoms with E-state index in [9.17, 15) is 24.8 Å². The molecule has 3 aromatic rings. The Balaban J connectivity index is 1.59. The van der Waals surface area contributed by atoms with Crippen molar-refractivity contribution in [3.8, 4) is 17.2 Å². The van der Waals surface area contributed by atoms with E-state index in [-0.39, 0.29) is 31.0 Å². The number of hydrogen-bond acceptors (Lipinski definition) is 8. The number of nitro benzene ring substituents is 1. The first-order chi connectivity index (χ1) is 19.8. The molecular formula is C30H34N2O9. The number of aliphatic carboxylic acids is 1. The number of aryl methyl sites for hydroxylation is 1. The average Bonchev–Trinajstić information content (AvgIpc) is 2.96. The van der Waals surface area contributed by atoms with Gasteiger partial charge in [0.25, 0.3) is 5.69 Å². The zero-order valence-electron chi connectivity index (χ0n) is 23.1. The van der Waals surface area contributed by atoms with Gasteiger partial charge in [-0.05, 0) is 62.2 Å². The van der Waals surface area contributed by atoms with Crippen molar-refractivity contribution in [3.05, 3.63) is 94.0 Å². The summed E-state index contributed by atoms with van der Waals surface area (Å²) in [5.74, 6) is 0.317. The molecule has 218 valence electrons. The first-order valence-electron chi connectivity index (χ1n) is 13.2. The van der Waals surface area contributed by atoms with E-state index in [1.54, 1.807) is 38.1 Å². The fourth-order valence-corrected chi connectivity index (χ4v) is 3.90. The van der Waals surface area contributed by atoms with E-state index in [4.69, 9.17) is 18.9 Å². The van der Waals surface area contributed by atoms with Crippen molar-refractivity contribution >= 4 is 17.7 Å². The number of rotatable bonds is 16. The molecule has 0 aliphatic carbocycles. The van der Waals surface area contributed by atoms with Gasteiger partial charge in [0.05, 0.1) is 24.1 Å². The second-order valence-electron chi connectivity index (χ2n) is 9.05. The third-order valence-corrected chi connectivity index (χ3v) is 6.04. The third kappa shape index (κ3) is 10.1. The highest BCUT2D eigenvalue weighted by Gasteiger charge is 2.20. The number of nitrogens with zero attached hydrogens (tertiary/aromatic N) is 2. The number of carboxylic acids is 1. The Labute approximate surface area is 238 Å². The molecule has 0 aliphatic rings. The van der Waals surface area contributed by atoms with Crippen molar-refractivity contribution in [2.24, 2.45) is 0 Å². The van der Waals surface area contributed by atoms with Crippen LogP contribution in [0, 0.1) is 17.0 Å². The van der Waals surface area contributed by atoms with Gasteiger partial charge in [0.1, 0.15) is 23.9 Å². The lowest BCUT2D eigenvalue weighted by atomic mass is 10.1. The van der Waals surface area contributed by atoms with Crippen molar-refractivity contribution in [1.82, 2.24) is 4.90 Å². The summed E-state index contributed by atoms with van der Waals surface area (Å²) in [5, 5.41) is 20.6. The molecule has 0 fully saturated rings. The van der Waals surface area contributed by atoms with E-state index in [1.165, 1.54) is 23.1 Å². The predicted octanol–water partition coefficient (Wildman–Crippen LogP) is 5.28. The van der Waals surface area contributed by atoms with Gasteiger partial charge in [-0.3, -0.25) is 10.1 Å². The maximum absolute atomic E-state index is 13.0. The molecule has 0 saturated heterocycles. The Morgan fingerprint density at radius 1 is 0.927 bits per heavy atom. The van der Waals surface area contributed by atoms with Crippen molar-refractivity contribution in [2.75, 3.05) is 32.9 Å². The van der Waals surface area contributed by atoms with E-state index in [0.29, 0.717) is 37.5 Å². The minimum absolute atomic E-state index is 0.0704. The molecular weight excluding hydrogens is 532 g/mol. The average molecular weight is 567 g/mol. The second kappa shape index (κ2) is 15.8. The van der Waals surface area contributed by atoms with Crippen LogP contribution in [-0.2, 0) is 16.0 Å². The van der Waals surface area contributed by atoms with Gasteiger partial charge in [0.2, 0.25) is 0 Å². The van der Waals surface area contributed by atoms with Gasteiger partial charge < -0.3 is 29.0 Å². The van der Waals surface area contributed by atoms with Gasteiger partial charge in [-0.25, -0.2) is 9.59 Å². The lowest BCUT2D eigenvalue weighted by Gasteiger charge is -2.22. The molecule has 1 unspecified atom stereocenters. The molecule has 11 heteroatoms. The number of hydrogen-bond donors (Lipinski definition) is 1. The summed E-state index contributed by atoms with van der Waals surface area (Å²) in [7, 11) is 0. The minimum atomic E-state index is -1.02. The van der Waals surface area contributed by atoms with Gasteiger partial charge in [-0.2, -0.15) is 0 Å². The fourth-order valence-electron chi connectivity index (χ4n) is 3.90. The monoisotopic (exact) mass is 566 g/mol. The zero-order chi connectivity index (χ0) is 29.6. The standard InChI is InChI=1S/C30H34N2O9/c1-3-38-28(29(33)34)20-23-11-14-25(15-12-23)40-19-17-31(16-7-18-39-24-8-5-4-6-9-24)30(35)41-26-13-10-22(2)27(21-26)32(36)37/h4-6,8-15,21,28H,3,7,16-20H2,1-2H3,(H,33,34). The number of carboxylic acid groups (broad SMARTS) is 1. The van der Waals surface area contributed by atoms with Crippen LogP contribution < -0.4 is 14.2 Å². The van der Waals surface area contributed by atoms with Crippen LogP contribution in [0.25, 0.3) is 0 Å². The van der Waals surface area contributed by atoms with E-state index in [1.807, 2.05) is 30.3 Å². The van der Waals surface area contributed by atoms with Gasteiger partial charge >= 0.3 is 12.1 Å². The highest BCUT2D eigenvalue weighted by Crippen LogP contribution is 2.24. The Hall–Kier alpha value is -4.64. The van der Waals surface area contributed by atoms with Crippen molar-refractivity contribution in [3.63, 3.8) is 0 Å². The number of carbonyl (C=O) groups is 2. The van der Waals surface area contributed by atoms with Crippen LogP contribution >= 0.6 is 0 Å². The summed E-state index contributed by atoms with van der Waals surface area (Å²) in [6.07, 6.45) is -0.854. The molecule has 1 amide bonds. The summed E-state index contributed by atoms with van der Waals surface area (Å²) in [6.45, 7) is 4.66. The molecule has 0 radical (unpaired) electrons. The minimum Gasteiger partial charge on any atom is -0.494 e. The van der Waals surface area contributed by atoms with Crippen LogP contribution in [0.3, 0.4) is 0 Å². The smallest absolute Gasteiger partial charge is 0.415 e. The second-order valence-corrected chi connectivity index (χ2v) is 9.05. The molecule has 3 aromatic carbocycles. The van der Waals surface area contributed by atoms with Crippen LogP contribution in [0.4, 0.5) is 10.5 Å². The number of carbonyl (C=O) groups excluding carboxylic acids is 1. The first-order valence-corrected chi connectivity index (χ1v) is 13.2. The molecule has 0 bridgehead atoms. The highest BCUT2D eigenvalue weighted by molar-refractivity contribution is 5.72. The summed E-state index contributed by atoms with van der Waals surface area (Å²) in [4.78, 5) is 36.6. The van der Waals surface area contributed by atoms with Gasteiger partial charge in [0.15, 0.2) is 6.10 Å². The molecule has 1 N–H and O–H groups in total. The normalized spacial score (nSPS) is 11.4. The lowest BCUT2D eigenvalue weighted by molar-refractivity contribution is -0.385. The molecule has 11 nitrogen and oxygen atoms in total. The maximum atomic E-state index is 13.0. The van der Waals surface area contributed by atoms with E-state index in [0.717, 1.165) is 11.3 Å². The van der Waals surface area contributed by atoms with Crippen LogP contribution in [0.2, 0.25) is 0 Å². The number of benzene rings is 3. The molecule has 0 heterocycles. The Kier molecular flexibility index (Phi) is 11.9. The van der Waals surface area contributed by atoms with Gasteiger partial charge in [0, 0.05) is 25.1 Å². The number of amides is 1. The van der Waals surface area contributed by atoms with Crippen molar-refractivity contribution in [2.45, 2.75) is 32.8 Å². The number of ether oxygens (including phenoxy) is 4. The predicted molar refractivity (Wildman–Crippen MR) is 151 cm³/mol. The summed E-state index contributed by atoms with van der Waals surface area (Å²) in [5.41, 5.74) is 1.11. The van der Waals surface area contributed by atoms with E-state index >= 15 is 0 Å². The zero-order valence-corrected chi connectivity index (χ0v) is 23.1. The summed E-state index contributed by atoms with van der Waals surface area (Å²) in [6, 6.07) is 20.5. The first kappa shape index (κ1) is 30.9. The maximum Gasteiger partial charge on any atom is 0.415 e. The van der Waals surface area contributed by atoms with Crippen LogP contribution in [0.1, 0.15) is 24.5 Å². The molecule has 41 heavy (non-hydrogen) atoms. The third-order valence-electron chi connectivity index (χ3n) is 6.04. The lowest BCUT2D eigenvalue weighted by Crippen LogP contribution is -2.38. The molecule has 3 rings (SSSR count). The molecule has 1 atom stereocenters. The fraction of sp³-hybridized carbons (Fsp3) is 0.333. The molecule has 0 spiro atoms. The van der Waals surface area contributed by atoms with E-state index < -0.39 is 23.1 Å². The molecule has 0 aromatic heterocycles.